The Morgan fingerprint density at radius 3 is 2.67 bits per heavy atom. The van der Waals surface area contributed by atoms with Crippen LogP contribution in [0.15, 0.2) is 9.66 Å². The molecule has 0 heterocycles. The molecule has 52 valence electrons. The molecule has 0 saturated heterocycles. The van der Waals surface area contributed by atoms with Gasteiger partial charge in [-0.15, -0.1) is 0 Å². The number of aldehydes is 1. The molecule has 1 nitrogen and oxygen atoms in total. The van der Waals surface area contributed by atoms with Gasteiger partial charge in [0.15, 0.2) is 0 Å². The number of carbonyl (C=O) groups is 1. The Kier molecular flexibility index (Phi) is 5.04. The first-order valence-electron chi connectivity index (χ1n) is 2.92. The van der Waals surface area contributed by atoms with Gasteiger partial charge in [0.05, 0.1) is 0 Å². The molecule has 0 aromatic carbocycles. The van der Waals surface area contributed by atoms with Crippen molar-refractivity contribution in [2.45, 2.75) is 20.3 Å². The van der Waals surface area contributed by atoms with Crippen molar-refractivity contribution in [2.75, 3.05) is 0 Å². The maximum absolute atomic E-state index is 10.1. The average Bonchev–Trinajstić information content (AvgIpc) is 1.87. The van der Waals surface area contributed by atoms with Gasteiger partial charge in [0.1, 0.15) is 6.29 Å². The van der Waals surface area contributed by atoms with E-state index in [1.165, 1.54) is 5.57 Å². The van der Waals surface area contributed by atoms with E-state index < -0.39 is 0 Å². The summed E-state index contributed by atoms with van der Waals surface area (Å²) in [5.74, 6) is 0.177. The van der Waals surface area contributed by atoms with Crippen LogP contribution >= 0.6 is 22.6 Å². The van der Waals surface area contributed by atoms with Gasteiger partial charge in [0.2, 0.25) is 0 Å². The van der Waals surface area contributed by atoms with Crippen molar-refractivity contribution >= 4 is 28.9 Å². The summed E-state index contributed by atoms with van der Waals surface area (Å²) in [6.07, 6.45) is 1.88. The number of hydrogen-bond donors (Lipinski definition) is 0. The van der Waals surface area contributed by atoms with Crippen LogP contribution in [0, 0.1) is 5.92 Å². The second-order valence-electron chi connectivity index (χ2n) is 2.27. The zero-order chi connectivity index (χ0) is 7.28. The maximum atomic E-state index is 10.1. The molecule has 0 fully saturated rings. The second kappa shape index (κ2) is 4.97. The summed E-state index contributed by atoms with van der Waals surface area (Å²) in [5, 5.41) is 0. The normalized spacial score (nSPS) is 15.2. The monoisotopic (exact) mass is 238 g/mol. The van der Waals surface area contributed by atoms with Crippen LogP contribution in [0.2, 0.25) is 0 Å². The van der Waals surface area contributed by atoms with E-state index in [0.29, 0.717) is 0 Å². The topological polar surface area (TPSA) is 17.1 Å². The Balaban J connectivity index is 3.59. The van der Waals surface area contributed by atoms with E-state index in [0.717, 1.165) is 12.7 Å². The fourth-order valence-electron chi connectivity index (χ4n) is 0.601. The van der Waals surface area contributed by atoms with Crippen LogP contribution in [-0.2, 0) is 4.79 Å². The Morgan fingerprint density at radius 2 is 2.33 bits per heavy atom. The summed E-state index contributed by atoms with van der Waals surface area (Å²) in [4.78, 5) is 10.1. The highest BCUT2D eigenvalue weighted by Crippen LogP contribution is 2.09. The lowest BCUT2D eigenvalue weighted by Crippen LogP contribution is -1.94. The van der Waals surface area contributed by atoms with Crippen molar-refractivity contribution < 1.29 is 4.79 Å². The summed E-state index contributed by atoms with van der Waals surface area (Å²) in [6.45, 7) is 3.96. The first-order chi connectivity index (χ1) is 4.20. The Labute approximate surface area is 69.7 Å². The first kappa shape index (κ1) is 9.14. The molecule has 0 rings (SSSR count). The van der Waals surface area contributed by atoms with Crippen molar-refractivity contribution in [3.05, 3.63) is 9.66 Å². The molecule has 0 aliphatic rings. The van der Waals surface area contributed by atoms with E-state index in [-0.39, 0.29) is 5.92 Å². The molecule has 0 amide bonds. The zero-order valence-corrected chi connectivity index (χ0v) is 7.88. The molecule has 0 saturated carbocycles. The predicted molar refractivity (Wildman–Crippen MR) is 47.6 cm³/mol. The third kappa shape index (κ3) is 4.63. The van der Waals surface area contributed by atoms with E-state index in [4.69, 9.17) is 0 Å². The highest BCUT2D eigenvalue weighted by atomic mass is 127. The summed E-state index contributed by atoms with van der Waals surface area (Å²) >= 11 is 2.19. The third-order valence-electron chi connectivity index (χ3n) is 1.06. The molecule has 1 atom stereocenters. The molecule has 0 aliphatic carbocycles. The molecule has 0 unspecified atom stereocenters. The quantitative estimate of drug-likeness (QED) is 0.545. The number of halogens is 1. The Hall–Kier alpha value is 0.140. The van der Waals surface area contributed by atoms with Crippen molar-refractivity contribution in [3.63, 3.8) is 0 Å². The summed E-state index contributed by atoms with van der Waals surface area (Å²) in [5.41, 5.74) is 1.27. The minimum Gasteiger partial charge on any atom is -0.303 e. The Morgan fingerprint density at radius 1 is 1.78 bits per heavy atom. The van der Waals surface area contributed by atoms with E-state index in [1.807, 2.05) is 17.9 Å². The first-order valence-corrected chi connectivity index (χ1v) is 4.16. The lowest BCUT2D eigenvalue weighted by Gasteiger charge is -2.00. The molecule has 0 spiro atoms. The van der Waals surface area contributed by atoms with Crippen LogP contribution in [0.3, 0.4) is 0 Å². The number of allylic oxidation sites excluding steroid dienone is 1. The molecule has 0 radical (unpaired) electrons. The van der Waals surface area contributed by atoms with Crippen LogP contribution in [0.1, 0.15) is 20.3 Å². The van der Waals surface area contributed by atoms with Gasteiger partial charge in [0, 0.05) is 5.92 Å². The molecule has 0 N–H and O–H groups in total. The maximum Gasteiger partial charge on any atom is 0.123 e. The number of carbonyl (C=O) groups excluding carboxylic acids is 1. The van der Waals surface area contributed by atoms with Gasteiger partial charge in [-0.1, -0.05) is 35.1 Å². The number of rotatable bonds is 3. The van der Waals surface area contributed by atoms with Crippen molar-refractivity contribution in [1.82, 2.24) is 0 Å². The molecule has 2 heteroatoms. The van der Waals surface area contributed by atoms with Gasteiger partial charge < -0.3 is 4.79 Å². The molecular formula is C7H11IO. The lowest BCUT2D eigenvalue weighted by atomic mass is 10.1. The van der Waals surface area contributed by atoms with Gasteiger partial charge in [0.25, 0.3) is 0 Å². The van der Waals surface area contributed by atoms with Gasteiger partial charge >= 0.3 is 0 Å². The van der Waals surface area contributed by atoms with Crippen molar-refractivity contribution in [1.29, 1.82) is 0 Å². The molecule has 0 aromatic rings. The van der Waals surface area contributed by atoms with E-state index in [2.05, 4.69) is 22.6 Å². The Bertz CT molecular complexity index is 118. The third-order valence-corrected chi connectivity index (χ3v) is 2.13. The van der Waals surface area contributed by atoms with Crippen LogP contribution in [0.5, 0.6) is 0 Å². The van der Waals surface area contributed by atoms with Crippen LogP contribution in [0.4, 0.5) is 0 Å². The van der Waals surface area contributed by atoms with Crippen molar-refractivity contribution in [2.24, 2.45) is 5.92 Å². The smallest absolute Gasteiger partial charge is 0.123 e. The van der Waals surface area contributed by atoms with Gasteiger partial charge in [-0.3, -0.25) is 0 Å². The fourth-order valence-corrected chi connectivity index (χ4v) is 0.855. The van der Waals surface area contributed by atoms with Gasteiger partial charge in [-0.2, -0.15) is 0 Å². The highest BCUT2D eigenvalue weighted by molar-refractivity contribution is 14.1. The zero-order valence-electron chi connectivity index (χ0n) is 5.73. The number of hydrogen-bond acceptors (Lipinski definition) is 1. The molecule has 0 aromatic heterocycles. The van der Waals surface area contributed by atoms with Crippen LogP contribution in [0.25, 0.3) is 0 Å². The highest BCUT2D eigenvalue weighted by Gasteiger charge is 1.98. The predicted octanol–water partition coefficient (Wildman–Crippen LogP) is 2.55. The average molecular weight is 238 g/mol. The van der Waals surface area contributed by atoms with E-state index >= 15 is 0 Å². The minimum absolute atomic E-state index is 0.177. The van der Waals surface area contributed by atoms with Crippen LogP contribution in [-0.4, -0.2) is 6.29 Å². The standard InChI is InChI=1S/C7H11IO/c1-6(4-8)3-7(2)5-9/h4-5,7H,3H2,1-2H3/b6-4+/t7-/m1/s1. The second-order valence-corrected chi connectivity index (χ2v) is 2.90. The van der Waals surface area contributed by atoms with Crippen LogP contribution < -0.4 is 0 Å². The SMILES string of the molecule is C/C(=C\I)C[C@@H](C)C=O. The van der Waals surface area contributed by atoms with E-state index in [9.17, 15) is 4.79 Å². The fraction of sp³-hybridized carbons (Fsp3) is 0.571. The summed E-state index contributed by atoms with van der Waals surface area (Å²) in [6, 6.07) is 0. The molecule has 9 heavy (non-hydrogen) atoms. The summed E-state index contributed by atoms with van der Waals surface area (Å²) in [7, 11) is 0. The minimum atomic E-state index is 0.177. The molecule has 0 bridgehead atoms. The lowest BCUT2D eigenvalue weighted by molar-refractivity contribution is -0.110. The largest absolute Gasteiger partial charge is 0.303 e. The molecular weight excluding hydrogens is 227 g/mol. The van der Waals surface area contributed by atoms with E-state index in [1.54, 1.807) is 0 Å². The molecule has 0 aliphatic heterocycles. The summed E-state index contributed by atoms with van der Waals surface area (Å²) < 4.78 is 2.01. The van der Waals surface area contributed by atoms with Gasteiger partial charge in [-0.05, 0) is 17.4 Å². The van der Waals surface area contributed by atoms with Crippen molar-refractivity contribution in [3.8, 4) is 0 Å². The van der Waals surface area contributed by atoms with Gasteiger partial charge in [-0.25, -0.2) is 0 Å².